The van der Waals surface area contributed by atoms with Crippen LogP contribution in [0.2, 0.25) is 0 Å². The highest BCUT2D eigenvalue weighted by Crippen LogP contribution is 2.65. The first-order chi connectivity index (χ1) is 35.3. The summed E-state index contributed by atoms with van der Waals surface area (Å²) in [7, 11) is 0. The third-order valence-corrected chi connectivity index (χ3v) is 17.5. The molecule has 0 radical (unpaired) electrons. The maximum Gasteiger partial charge on any atom is 0.0159 e. The highest BCUT2D eigenvalue weighted by atomic mass is 14.4. The van der Waals surface area contributed by atoms with Gasteiger partial charge in [0.05, 0.1) is 0 Å². The van der Waals surface area contributed by atoms with E-state index in [4.69, 9.17) is 0 Å². The van der Waals surface area contributed by atoms with Crippen molar-refractivity contribution >= 4 is 32.3 Å². The monoisotopic (exact) mass is 912 g/mol. The van der Waals surface area contributed by atoms with Crippen LogP contribution in [0.1, 0.15) is 49.9 Å². The molecule has 72 heavy (non-hydrogen) atoms. The third kappa shape index (κ3) is 5.02. The first-order valence-electron chi connectivity index (χ1n) is 25.7. The fraction of sp³-hybridized carbons (Fsp3) is 0.0833. The summed E-state index contributed by atoms with van der Waals surface area (Å²) < 4.78 is 0. The molecule has 0 nitrogen and oxygen atoms in total. The first kappa shape index (κ1) is 40.2. The molecule has 12 aromatic carbocycles. The van der Waals surface area contributed by atoms with E-state index in [1.165, 1.54) is 166 Å². The van der Waals surface area contributed by atoms with Gasteiger partial charge in [0.2, 0.25) is 0 Å². The molecule has 0 aliphatic heterocycles. The lowest BCUT2D eigenvalue weighted by atomic mass is 9.79. The molecule has 0 bridgehead atoms. The van der Waals surface area contributed by atoms with Gasteiger partial charge in [0.25, 0.3) is 0 Å². The Morgan fingerprint density at radius 2 is 0.486 bits per heavy atom. The van der Waals surface area contributed by atoms with E-state index in [-0.39, 0.29) is 10.8 Å². The molecule has 0 spiro atoms. The molecule has 0 N–H and O–H groups in total. The topological polar surface area (TPSA) is 0 Å². The van der Waals surface area contributed by atoms with Gasteiger partial charge < -0.3 is 0 Å². The highest BCUT2D eigenvalue weighted by Gasteiger charge is 2.40. The molecular formula is C72H48. The molecule has 0 atom stereocenters. The van der Waals surface area contributed by atoms with Crippen molar-refractivity contribution in [3.8, 4) is 111 Å². The van der Waals surface area contributed by atoms with Gasteiger partial charge in [-0.15, -0.1) is 0 Å². The van der Waals surface area contributed by atoms with Crippen LogP contribution < -0.4 is 0 Å². The molecular weight excluding hydrogens is 865 g/mol. The van der Waals surface area contributed by atoms with E-state index in [9.17, 15) is 0 Å². The number of rotatable bonds is 4. The van der Waals surface area contributed by atoms with Gasteiger partial charge in [-0.1, -0.05) is 234 Å². The van der Waals surface area contributed by atoms with Crippen LogP contribution in [0.3, 0.4) is 0 Å². The second-order valence-corrected chi connectivity index (χ2v) is 21.8. The molecule has 0 heteroatoms. The summed E-state index contributed by atoms with van der Waals surface area (Å²) in [6.45, 7) is 9.61. The molecule has 0 fully saturated rings. The first-order valence-corrected chi connectivity index (χ1v) is 25.7. The van der Waals surface area contributed by atoms with Gasteiger partial charge in [-0.05, 0) is 178 Å². The van der Waals surface area contributed by atoms with Gasteiger partial charge in [-0.2, -0.15) is 0 Å². The van der Waals surface area contributed by atoms with Crippen molar-refractivity contribution in [2.24, 2.45) is 0 Å². The molecule has 16 rings (SSSR count). The fourth-order valence-corrected chi connectivity index (χ4v) is 14.4. The second-order valence-electron chi connectivity index (χ2n) is 21.8. The van der Waals surface area contributed by atoms with E-state index in [0.717, 1.165) is 0 Å². The minimum Gasteiger partial charge on any atom is -0.0622 e. The predicted molar refractivity (Wildman–Crippen MR) is 305 cm³/mol. The number of hydrogen-bond donors (Lipinski definition) is 0. The largest absolute Gasteiger partial charge is 0.0622 e. The average Bonchev–Trinajstić information content (AvgIpc) is 4.08. The fourth-order valence-electron chi connectivity index (χ4n) is 14.4. The third-order valence-electron chi connectivity index (χ3n) is 17.5. The number of hydrogen-bond acceptors (Lipinski definition) is 0. The molecule has 336 valence electrons. The Hall–Kier alpha value is -8.58. The van der Waals surface area contributed by atoms with Crippen LogP contribution in [0.25, 0.3) is 144 Å². The molecule has 0 saturated carbocycles. The van der Waals surface area contributed by atoms with Crippen LogP contribution in [0.4, 0.5) is 0 Å². The summed E-state index contributed by atoms with van der Waals surface area (Å²) in [5, 5.41) is 7.86. The van der Waals surface area contributed by atoms with E-state index >= 15 is 0 Å². The van der Waals surface area contributed by atoms with E-state index in [2.05, 4.69) is 246 Å². The summed E-state index contributed by atoms with van der Waals surface area (Å²) in [6.07, 6.45) is 0. The Morgan fingerprint density at radius 1 is 0.208 bits per heavy atom. The Bertz CT molecular complexity index is 4120. The van der Waals surface area contributed by atoms with Crippen molar-refractivity contribution in [3.63, 3.8) is 0 Å². The average molecular weight is 913 g/mol. The van der Waals surface area contributed by atoms with Gasteiger partial charge in [-0.3, -0.25) is 0 Å². The van der Waals surface area contributed by atoms with Crippen molar-refractivity contribution in [2.75, 3.05) is 0 Å². The predicted octanol–water partition coefficient (Wildman–Crippen LogP) is 19.7. The van der Waals surface area contributed by atoms with Crippen molar-refractivity contribution in [3.05, 3.63) is 241 Å². The maximum absolute atomic E-state index is 2.54. The van der Waals surface area contributed by atoms with Crippen LogP contribution in [0.5, 0.6) is 0 Å². The number of fused-ring (bicyclic) bond motifs is 14. The zero-order chi connectivity index (χ0) is 47.8. The molecule has 0 aromatic heterocycles. The molecule has 0 amide bonds. The summed E-state index contributed by atoms with van der Waals surface area (Å²) in [5.74, 6) is 0. The van der Waals surface area contributed by atoms with Gasteiger partial charge >= 0.3 is 0 Å². The van der Waals surface area contributed by atoms with Crippen LogP contribution in [0.15, 0.2) is 218 Å². The van der Waals surface area contributed by atoms with Crippen LogP contribution in [-0.4, -0.2) is 0 Å². The lowest BCUT2D eigenvalue weighted by Gasteiger charge is -2.24. The zero-order valence-corrected chi connectivity index (χ0v) is 40.8. The summed E-state index contributed by atoms with van der Waals surface area (Å²) in [4.78, 5) is 0. The minimum absolute atomic E-state index is 0.127. The summed E-state index contributed by atoms with van der Waals surface area (Å²) in [6, 6.07) is 83.4. The summed E-state index contributed by atoms with van der Waals surface area (Å²) >= 11 is 0. The Morgan fingerprint density at radius 3 is 0.847 bits per heavy atom. The normalized spacial score (nSPS) is 14.3. The lowest BCUT2D eigenvalue weighted by molar-refractivity contribution is 0.660. The maximum atomic E-state index is 2.54. The Balaban J connectivity index is 1.02. The quantitative estimate of drug-likeness (QED) is 0.165. The SMILES string of the molecule is CC1(C)c2ccccc2-c2ccc(-c3c4c(c(-c5ccccc5)c5ccccc35)-c3ccc5c6c(ccc-4c36)-c3c-5c(-c4ccccc4)c4ccccc4c3-c3ccc4c(c3)C(C)(C)c3ccccc3-4)cc21. The molecule has 12 aromatic rings. The number of benzene rings is 12. The van der Waals surface area contributed by atoms with Crippen molar-refractivity contribution in [1.82, 2.24) is 0 Å². The summed E-state index contributed by atoms with van der Waals surface area (Å²) in [5.41, 5.74) is 31.6. The van der Waals surface area contributed by atoms with Crippen molar-refractivity contribution in [1.29, 1.82) is 0 Å². The molecule has 0 unspecified atom stereocenters. The molecule has 4 aliphatic rings. The van der Waals surface area contributed by atoms with E-state index < -0.39 is 0 Å². The standard InChI is InChI=1S/C72H48/c1-71(2)57-29-17-15-23-45(57)47-33-31-43(39-59(47)71)63-51-27-13-11-25-49(51)61(41-19-7-5-8-20-41)67-53-35-36-54-66-56(38-37-55(65(53)66)69(63)67)70-64(44-32-34-48-46-24-16-18-30-58(46)72(3,4)60(48)40-44)52-28-14-12-26-50(52)62(68(54)70)42-21-9-6-10-22-42/h5-40H,1-4H3. The van der Waals surface area contributed by atoms with Gasteiger partial charge in [-0.25, -0.2) is 0 Å². The van der Waals surface area contributed by atoms with Crippen LogP contribution in [0, 0.1) is 0 Å². The van der Waals surface area contributed by atoms with E-state index in [0.29, 0.717) is 0 Å². The van der Waals surface area contributed by atoms with Gasteiger partial charge in [0.15, 0.2) is 0 Å². The van der Waals surface area contributed by atoms with Crippen LogP contribution in [-0.2, 0) is 10.8 Å². The smallest absolute Gasteiger partial charge is 0.0159 e. The van der Waals surface area contributed by atoms with Crippen molar-refractivity contribution in [2.45, 2.75) is 38.5 Å². The Labute approximate surface area is 420 Å². The Kier molecular flexibility index (Phi) is 7.85. The molecule has 0 saturated heterocycles. The van der Waals surface area contributed by atoms with Gasteiger partial charge in [0.1, 0.15) is 0 Å². The highest BCUT2D eigenvalue weighted by molar-refractivity contribution is 6.35. The molecule has 0 heterocycles. The van der Waals surface area contributed by atoms with Crippen LogP contribution >= 0.6 is 0 Å². The minimum atomic E-state index is -0.127. The molecule has 4 aliphatic carbocycles. The van der Waals surface area contributed by atoms with Crippen molar-refractivity contribution < 1.29 is 0 Å². The second kappa shape index (κ2) is 14.1. The van der Waals surface area contributed by atoms with Gasteiger partial charge in [0, 0.05) is 10.8 Å². The lowest BCUT2D eigenvalue weighted by Crippen LogP contribution is -2.14. The zero-order valence-electron chi connectivity index (χ0n) is 40.8. The van der Waals surface area contributed by atoms with E-state index in [1.807, 2.05) is 0 Å². The van der Waals surface area contributed by atoms with E-state index in [1.54, 1.807) is 0 Å².